The number of rotatable bonds is 4. The Labute approximate surface area is 164 Å². The third-order valence-corrected chi connectivity index (χ3v) is 5.72. The lowest BCUT2D eigenvalue weighted by atomic mass is 9.92. The van der Waals surface area contributed by atoms with Crippen molar-refractivity contribution in [3.8, 4) is 11.3 Å². The molecule has 26 heavy (non-hydrogen) atoms. The first kappa shape index (κ1) is 19.2. The minimum atomic E-state index is 0. The topological polar surface area (TPSA) is 67.2 Å². The van der Waals surface area contributed by atoms with Crippen molar-refractivity contribution in [2.24, 2.45) is 11.3 Å². The van der Waals surface area contributed by atoms with E-state index in [1.165, 1.54) is 0 Å². The molecular formula is C19H23Cl2N3O2. The van der Waals surface area contributed by atoms with Gasteiger partial charge >= 0.3 is 0 Å². The second-order valence-corrected chi connectivity index (χ2v) is 7.55. The molecule has 7 heteroatoms. The van der Waals surface area contributed by atoms with Crippen molar-refractivity contribution in [3.63, 3.8) is 0 Å². The van der Waals surface area contributed by atoms with E-state index < -0.39 is 0 Å². The van der Waals surface area contributed by atoms with Crippen LogP contribution in [0.25, 0.3) is 11.3 Å². The summed E-state index contributed by atoms with van der Waals surface area (Å²) in [6, 6.07) is 7.46. The summed E-state index contributed by atoms with van der Waals surface area (Å²) in [4.78, 5) is 16.9. The van der Waals surface area contributed by atoms with Crippen molar-refractivity contribution in [1.82, 2.24) is 15.6 Å². The molecule has 1 atom stereocenters. The van der Waals surface area contributed by atoms with E-state index in [0.717, 1.165) is 49.4 Å². The van der Waals surface area contributed by atoms with Gasteiger partial charge in [0.1, 0.15) is 0 Å². The summed E-state index contributed by atoms with van der Waals surface area (Å²) >= 11 is 5.93. The molecule has 1 aromatic heterocycles. The quantitative estimate of drug-likeness (QED) is 0.827. The number of benzene rings is 1. The van der Waals surface area contributed by atoms with Gasteiger partial charge < -0.3 is 15.1 Å². The SMILES string of the molecule is Cc1nc(CNC(=O)C2CC23CCNCC3)oc1-c1ccc(Cl)cc1.Cl. The van der Waals surface area contributed by atoms with E-state index in [2.05, 4.69) is 15.6 Å². The maximum absolute atomic E-state index is 12.4. The third-order valence-electron chi connectivity index (χ3n) is 5.47. The van der Waals surface area contributed by atoms with Gasteiger partial charge in [-0.2, -0.15) is 0 Å². The molecule has 0 bridgehead atoms. The lowest BCUT2D eigenvalue weighted by Gasteiger charge is -2.23. The zero-order chi connectivity index (χ0) is 17.4. The van der Waals surface area contributed by atoms with Crippen LogP contribution in [-0.4, -0.2) is 24.0 Å². The van der Waals surface area contributed by atoms with E-state index in [4.69, 9.17) is 16.0 Å². The summed E-state index contributed by atoms with van der Waals surface area (Å²) in [6.07, 6.45) is 3.22. The van der Waals surface area contributed by atoms with Gasteiger partial charge in [-0.3, -0.25) is 4.79 Å². The first-order chi connectivity index (χ1) is 12.1. The first-order valence-electron chi connectivity index (χ1n) is 8.78. The Kier molecular flexibility index (Phi) is 5.61. The summed E-state index contributed by atoms with van der Waals surface area (Å²) in [5.74, 6) is 1.55. The van der Waals surface area contributed by atoms with E-state index in [9.17, 15) is 4.79 Å². The van der Waals surface area contributed by atoms with Gasteiger partial charge in [0.05, 0.1) is 12.2 Å². The fourth-order valence-electron chi connectivity index (χ4n) is 3.88. The van der Waals surface area contributed by atoms with Gasteiger partial charge in [-0.1, -0.05) is 11.6 Å². The standard InChI is InChI=1S/C19H22ClN3O2.ClH/c1-12-17(13-2-4-14(20)5-3-13)25-16(23-12)11-22-18(24)15-10-19(15)6-8-21-9-7-19;/h2-5,15,21H,6-11H2,1H3,(H,22,24);1H. The molecule has 2 aromatic rings. The lowest BCUT2D eigenvalue weighted by molar-refractivity contribution is -0.123. The highest BCUT2D eigenvalue weighted by Crippen LogP contribution is 2.58. The third kappa shape index (κ3) is 3.75. The highest BCUT2D eigenvalue weighted by Gasteiger charge is 2.57. The van der Waals surface area contributed by atoms with Crippen molar-refractivity contribution in [3.05, 3.63) is 40.9 Å². The predicted molar refractivity (Wildman–Crippen MR) is 103 cm³/mol. The molecule has 1 saturated heterocycles. The van der Waals surface area contributed by atoms with Crippen LogP contribution in [-0.2, 0) is 11.3 Å². The number of oxazole rings is 1. The molecule has 1 aromatic carbocycles. The van der Waals surface area contributed by atoms with Gasteiger partial charge in [0, 0.05) is 16.5 Å². The maximum atomic E-state index is 12.4. The van der Waals surface area contributed by atoms with Crippen LogP contribution >= 0.6 is 24.0 Å². The summed E-state index contributed by atoms with van der Waals surface area (Å²) in [5.41, 5.74) is 1.99. The van der Waals surface area contributed by atoms with Gasteiger partial charge in [-0.05, 0) is 69.0 Å². The van der Waals surface area contributed by atoms with Crippen LogP contribution in [0.15, 0.2) is 28.7 Å². The second kappa shape index (κ2) is 7.59. The van der Waals surface area contributed by atoms with E-state index in [0.29, 0.717) is 17.5 Å². The zero-order valence-corrected chi connectivity index (χ0v) is 16.3. The van der Waals surface area contributed by atoms with Crippen LogP contribution in [0.4, 0.5) is 0 Å². The summed E-state index contributed by atoms with van der Waals surface area (Å²) in [6.45, 7) is 4.28. The van der Waals surface area contributed by atoms with Crippen LogP contribution < -0.4 is 10.6 Å². The number of nitrogens with zero attached hydrogens (tertiary/aromatic N) is 1. The molecule has 1 aliphatic heterocycles. The Balaban J connectivity index is 0.00000196. The van der Waals surface area contributed by atoms with Crippen LogP contribution in [0.3, 0.4) is 0 Å². The van der Waals surface area contributed by atoms with Crippen LogP contribution in [0, 0.1) is 18.3 Å². The number of carbonyl (C=O) groups excluding carboxylic acids is 1. The Morgan fingerprint density at radius 2 is 2.04 bits per heavy atom. The van der Waals surface area contributed by atoms with Crippen LogP contribution in [0.1, 0.15) is 30.8 Å². The van der Waals surface area contributed by atoms with Gasteiger partial charge in [-0.15, -0.1) is 12.4 Å². The van der Waals surface area contributed by atoms with Gasteiger partial charge in [0.25, 0.3) is 0 Å². The average Bonchev–Trinajstić information content (AvgIpc) is 3.17. The van der Waals surface area contributed by atoms with Crippen molar-refractivity contribution in [2.45, 2.75) is 32.7 Å². The number of piperidine rings is 1. The molecular weight excluding hydrogens is 373 g/mol. The minimum Gasteiger partial charge on any atom is -0.438 e. The van der Waals surface area contributed by atoms with Gasteiger partial charge in [0.15, 0.2) is 5.76 Å². The number of hydrogen-bond donors (Lipinski definition) is 2. The molecule has 5 nitrogen and oxygen atoms in total. The fraction of sp³-hybridized carbons (Fsp3) is 0.474. The van der Waals surface area contributed by atoms with Crippen molar-refractivity contribution in [1.29, 1.82) is 0 Å². The molecule has 1 unspecified atom stereocenters. The zero-order valence-electron chi connectivity index (χ0n) is 14.7. The van der Waals surface area contributed by atoms with Crippen molar-refractivity contribution in [2.75, 3.05) is 13.1 Å². The Bertz CT molecular complexity index is 783. The van der Waals surface area contributed by atoms with Crippen LogP contribution in [0.2, 0.25) is 5.02 Å². The lowest BCUT2D eigenvalue weighted by Crippen LogP contribution is -2.33. The molecule has 2 fully saturated rings. The smallest absolute Gasteiger partial charge is 0.224 e. The largest absolute Gasteiger partial charge is 0.438 e. The summed E-state index contributed by atoms with van der Waals surface area (Å²) in [5, 5.41) is 7.04. The Hall–Kier alpha value is -1.56. The Morgan fingerprint density at radius 1 is 1.35 bits per heavy atom. The number of carbonyl (C=O) groups is 1. The number of aromatic nitrogens is 1. The molecule has 2 heterocycles. The molecule has 1 amide bonds. The normalized spacial score (nSPS) is 20.5. The molecule has 0 radical (unpaired) electrons. The highest BCUT2D eigenvalue weighted by atomic mass is 35.5. The molecule has 1 aliphatic carbocycles. The monoisotopic (exact) mass is 395 g/mol. The van der Waals surface area contributed by atoms with Crippen molar-refractivity contribution >= 4 is 29.9 Å². The second-order valence-electron chi connectivity index (χ2n) is 7.12. The maximum Gasteiger partial charge on any atom is 0.224 e. The highest BCUT2D eigenvalue weighted by molar-refractivity contribution is 6.30. The summed E-state index contributed by atoms with van der Waals surface area (Å²) in [7, 11) is 0. The Morgan fingerprint density at radius 3 is 2.73 bits per heavy atom. The molecule has 2 N–H and O–H groups in total. The van der Waals surface area contributed by atoms with Gasteiger partial charge in [-0.25, -0.2) is 4.98 Å². The van der Waals surface area contributed by atoms with Crippen molar-refractivity contribution < 1.29 is 9.21 Å². The number of amides is 1. The number of hydrogen-bond acceptors (Lipinski definition) is 4. The van der Waals surface area contributed by atoms with E-state index >= 15 is 0 Å². The van der Waals surface area contributed by atoms with Gasteiger partial charge in [0.2, 0.25) is 11.8 Å². The first-order valence-corrected chi connectivity index (χ1v) is 9.16. The van der Waals surface area contributed by atoms with E-state index in [-0.39, 0.29) is 29.6 Å². The molecule has 2 aliphatic rings. The van der Waals surface area contributed by atoms with E-state index in [1.54, 1.807) is 0 Å². The minimum absolute atomic E-state index is 0. The van der Waals surface area contributed by atoms with Crippen LogP contribution in [0.5, 0.6) is 0 Å². The molecule has 1 saturated carbocycles. The molecule has 1 spiro atoms. The number of aryl methyl sites for hydroxylation is 1. The molecule has 4 rings (SSSR count). The van der Waals surface area contributed by atoms with E-state index in [1.807, 2.05) is 31.2 Å². The molecule has 140 valence electrons. The average molecular weight is 396 g/mol. The summed E-state index contributed by atoms with van der Waals surface area (Å²) < 4.78 is 5.85. The number of nitrogens with one attached hydrogen (secondary N) is 2. The number of halogens is 2. The fourth-order valence-corrected chi connectivity index (χ4v) is 4.00. The predicted octanol–water partition coefficient (Wildman–Crippen LogP) is 3.73.